The second-order valence-electron chi connectivity index (χ2n) is 5.53. The average Bonchev–Trinajstić information content (AvgIpc) is 3.10. The van der Waals surface area contributed by atoms with Crippen LogP contribution in [0.1, 0.15) is 45.4 Å². The van der Waals surface area contributed by atoms with Crippen LogP contribution in [0.5, 0.6) is 0 Å². The first-order valence-electron chi connectivity index (χ1n) is 6.75. The highest BCUT2D eigenvalue weighted by atomic mass is 16.2. The second-order valence-corrected chi connectivity index (χ2v) is 5.53. The lowest BCUT2D eigenvalue weighted by atomic mass is 10.1. The van der Waals surface area contributed by atoms with Gasteiger partial charge in [-0.3, -0.25) is 4.79 Å². The van der Waals surface area contributed by atoms with E-state index in [4.69, 9.17) is 5.73 Å². The normalized spacial score (nSPS) is 21.9. The van der Waals surface area contributed by atoms with Crippen molar-refractivity contribution in [2.75, 3.05) is 13.1 Å². The standard InChI is InChI=1S/C13H24N2O/c1-2-3-12(14)13(16)15(8-10-4-5-10)9-11-6-7-11/h10-12H,2-9,14H2,1H3. The van der Waals surface area contributed by atoms with Crippen LogP contribution in [0.25, 0.3) is 0 Å². The van der Waals surface area contributed by atoms with E-state index in [1.165, 1.54) is 25.7 Å². The molecule has 2 aliphatic rings. The molecule has 2 rings (SSSR count). The van der Waals surface area contributed by atoms with Gasteiger partial charge in [0.25, 0.3) is 0 Å². The van der Waals surface area contributed by atoms with Gasteiger partial charge in [-0.15, -0.1) is 0 Å². The first kappa shape index (κ1) is 11.9. The molecule has 0 heterocycles. The van der Waals surface area contributed by atoms with Crippen molar-refractivity contribution >= 4 is 5.91 Å². The van der Waals surface area contributed by atoms with Crippen LogP contribution in [-0.2, 0) is 4.79 Å². The van der Waals surface area contributed by atoms with E-state index in [2.05, 4.69) is 11.8 Å². The smallest absolute Gasteiger partial charge is 0.239 e. The molecule has 1 unspecified atom stereocenters. The van der Waals surface area contributed by atoms with Crippen LogP contribution < -0.4 is 5.73 Å². The summed E-state index contributed by atoms with van der Waals surface area (Å²) in [5, 5.41) is 0. The van der Waals surface area contributed by atoms with E-state index < -0.39 is 0 Å². The van der Waals surface area contributed by atoms with Gasteiger partial charge < -0.3 is 10.6 Å². The zero-order valence-corrected chi connectivity index (χ0v) is 10.3. The fourth-order valence-electron chi connectivity index (χ4n) is 2.15. The minimum Gasteiger partial charge on any atom is -0.341 e. The molecular weight excluding hydrogens is 200 g/mol. The van der Waals surface area contributed by atoms with Crippen LogP contribution in [-0.4, -0.2) is 29.9 Å². The van der Waals surface area contributed by atoms with E-state index >= 15 is 0 Å². The number of hydrogen-bond donors (Lipinski definition) is 1. The Kier molecular flexibility index (Phi) is 3.85. The van der Waals surface area contributed by atoms with Crippen molar-refractivity contribution < 1.29 is 4.79 Å². The Morgan fingerprint density at radius 3 is 2.12 bits per heavy atom. The minimum absolute atomic E-state index is 0.195. The molecule has 0 aromatic heterocycles. The Balaban J connectivity index is 1.84. The lowest BCUT2D eigenvalue weighted by Gasteiger charge is -2.25. The van der Waals surface area contributed by atoms with Crippen molar-refractivity contribution in [2.45, 2.75) is 51.5 Å². The first-order chi connectivity index (χ1) is 7.70. The molecule has 3 nitrogen and oxygen atoms in total. The maximum absolute atomic E-state index is 12.2. The molecule has 2 fully saturated rings. The summed E-state index contributed by atoms with van der Waals surface area (Å²) < 4.78 is 0. The molecule has 2 N–H and O–H groups in total. The van der Waals surface area contributed by atoms with Crippen molar-refractivity contribution in [3.05, 3.63) is 0 Å². The Morgan fingerprint density at radius 2 is 1.75 bits per heavy atom. The Hall–Kier alpha value is -0.570. The molecular formula is C13H24N2O. The molecule has 0 aromatic rings. The van der Waals surface area contributed by atoms with E-state index in [1.54, 1.807) is 0 Å². The third kappa shape index (κ3) is 3.48. The summed E-state index contributed by atoms with van der Waals surface area (Å²) in [4.78, 5) is 14.2. The molecule has 2 aliphatic carbocycles. The third-order valence-electron chi connectivity index (χ3n) is 3.58. The molecule has 3 heteroatoms. The molecule has 16 heavy (non-hydrogen) atoms. The van der Waals surface area contributed by atoms with Crippen LogP contribution in [0.15, 0.2) is 0 Å². The van der Waals surface area contributed by atoms with Gasteiger partial charge in [0.2, 0.25) is 5.91 Å². The van der Waals surface area contributed by atoms with Gasteiger partial charge in [0.15, 0.2) is 0 Å². The van der Waals surface area contributed by atoms with Crippen molar-refractivity contribution in [2.24, 2.45) is 17.6 Å². The molecule has 0 bridgehead atoms. The number of carbonyl (C=O) groups excluding carboxylic acids is 1. The predicted molar refractivity (Wildman–Crippen MR) is 64.9 cm³/mol. The van der Waals surface area contributed by atoms with E-state index in [1.807, 2.05) is 0 Å². The Labute approximate surface area is 98.4 Å². The number of amides is 1. The highest BCUT2D eigenvalue weighted by Crippen LogP contribution is 2.33. The number of nitrogens with two attached hydrogens (primary N) is 1. The van der Waals surface area contributed by atoms with E-state index in [0.717, 1.165) is 37.8 Å². The van der Waals surface area contributed by atoms with Gasteiger partial charge in [0.05, 0.1) is 6.04 Å². The van der Waals surface area contributed by atoms with Gasteiger partial charge in [-0.05, 0) is 43.9 Å². The summed E-state index contributed by atoms with van der Waals surface area (Å²) in [7, 11) is 0. The maximum atomic E-state index is 12.2. The molecule has 0 aliphatic heterocycles. The SMILES string of the molecule is CCCC(N)C(=O)N(CC1CC1)CC1CC1. The van der Waals surface area contributed by atoms with Crippen LogP contribution in [0, 0.1) is 11.8 Å². The summed E-state index contributed by atoms with van der Waals surface area (Å²) in [5.41, 5.74) is 5.93. The predicted octanol–water partition coefficient (Wildman–Crippen LogP) is 1.76. The van der Waals surface area contributed by atoms with Gasteiger partial charge in [-0.1, -0.05) is 13.3 Å². The largest absolute Gasteiger partial charge is 0.341 e. The van der Waals surface area contributed by atoms with Crippen LogP contribution >= 0.6 is 0 Å². The van der Waals surface area contributed by atoms with Gasteiger partial charge >= 0.3 is 0 Å². The van der Waals surface area contributed by atoms with Gasteiger partial charge in [0, 0.05) is 13.1 Å². The van der Waals surface area contributed by atoms with Gasteiger partial charge in [-0.25, -0.2) is 0 Å². The Morgan fingerprint density at radius 1 is 1.25 bits per heavy atom. The lowest BCUT2D eigenvalue weighted by molar-refractivity contribution is -0.133. The summed E-state index contributed by atoms with van der Waals surface area (Å²) in [6.07, 6.45) is 7.03. The maximum Gasteiger partial charge on any atom is 0.239 e. The van der Waals surface area contributed by atoms with Crippen molar-refractivity contribution in [1.82, 2.24) is 4.90 Å². The van der Waals surface area contributed by atoms with Gasteiger partial charge in [0.1, 0.15) is 0 Å². The molecule has 0 spiro atoms. The zero-order valence-electron chi connectivity index (χ0n) is 10.3. The monoisotopic (exact) mass is 224 g/mol. The van der Waals surface area contributed by atoms with E-state index in [0.29, 0.717) is 0 Å². The minimum atomic E-state index is -0.262. The Bertz CT molecular complexity index is 232. The quantitative estimate of drug-likeness (QED) is 0.716. The summed E-state index contributed by atoms with van der Waals surface area (Å²) >= 11 is 0. The van der Waals surface area contributed by atoms with Crippen molar-refractivity contribution in [1.29, 1.82) is 0 Å². The van der Waals surface area contributed by atoms with Crippen molar-refractivity contribution in [3.63, 3.8) is 0 Å². The highest BCUT2D eigenvalue weighted by Gasteiger charge is 2.32. The molecule has 0 radical (unpaired) electrons. The molecule has 1 amide bonds. The molecule has 0 aromatic carbocycles. The highest BCUT2D eigenvalue weighted by molar-refractivity contribution is 5.81. The summed E-state index contributed by atoms with van der Waals surface area (Å²) in [6, 6.07) is -0.262. The van der Waals surface area contributed by atoms with Gasteiger partial charge in [-0.2, -0.15) is 0 Å². The van der Waals surface area contributed by atoms with Crippen LogP contribution in [0.2, 0.25) is 0 Å². The average molecular weight is 224 g/mol. The second kappa shape index (κ2) is 5.17. The fraction of sp³-hybridized carbons (Fsp3) is 0.923. The van der Waals surface area contributed by atoms with E-state index in [9.17, 15) is 4.79 Å². The molecule has 1 atom stereocenters. The molecule has 0 saturated heterocycles. The van der Waals surface area contributed by atoms with Crippen LogP contribution in [0.4, 0.5) is 0 Å². The molecule has 2 saturated carbocycles. The van der Waals surface area contributed by atoms with E-state index in [-0.39, 0.29) is 11.9 Å². The van der Waals surface area contributed by atoms with Crippen LogP contribution in [0.3, 0.4) is 0 Å². The molecule has 92 valence electrons. The third-order valence-corrected chi connectivity index (χ3v) is 3.58. The topological polar surface area (TPSA) is 46.3 Å². The number of nitrogens with zero attached hydrogens (tertiary/aromatic N) is 1. The zero-order chi connectivity index (χ0) is 11.5. The van der Waals surface area contributed by atoms with Crippen molar-refractivity contribution in [3.8, 4) is 0 Å². The number of rotatable bonds is 7. The number of carbonyl (C=O) groups is 1. The number of hydrogen-bond acceptors (Lipinski definition) is 2. The summed E-state index contributed by atoms with van der Waals surface area (Å²) in [5.74, 6) is 1.74. The summed E-state index contributed by atoms with van der Waals surface area (Å²) in [6.45, 7) is 4.01. The first-order valence-corrected chi connectivity index (χ1v) is 6.75. The lowest BCUT2D eigenvalue weighted by Crippen LogP contribution is -2.45. The fourth-order valence-corrected chi connectivity index (χ4v) is 2.15.